The Bertz CT molecular complexity index is 772. The number of urea groups is 1. The SMILES string of the molecule is C[C@@H](NC(=O)Nc1cccc(-c2nnco2)c1)c1ccccc1. The minimum Gasteiger partial charge on any atom is -0.423 e. The molecule has 6 heteroatoms. The largest absolute Gasteiger partial charge is 0.423 e. The van der Waals surface area contributed by atoms with Crippen LogP contribution in [0.5, 0.6) is 0 Å². The predicted molar refractivity (Wildman–Crippen MR) is 86.7 cm³/mol. The summed E-state index contributed by atoms with van der Waals surface area (Å²) < 4.78 is 5.15. The quantitative estimate of drug-likeness (QED) is 0.771. The highest BCUT2D eigenvalue weighted by atomic mass is 16.4. The zero-order valence-electron chi connectivity index (χ0n) is 12.6. The van der Waals surface area contributed by atoms with E-state index in [-0.39, 0.29) is 12.1 Å². The van der Waals surface area contributed by atoms with Gasteiger partial charge in [0, 0.05) is 11.3 Å². The molecule has 2 N–H and O–H groups in total. The van der Waals surface area contributed by atoms with E-state index in [0.717, 1.165) is 11.1 Å². The Hall–Kier alpha value is -3.15. The fraction of sp³-hybridized carbons (Fsp3) is 0.118. The van der Waals surface area contributed by atoms with Gasteiger partial charge in [0.05, 0.1) is 6.04 Å². The lowest BCUT2D eigenvalue weighted by Gasteiger charge is -2.15. The molecule has 0 fully saturated rings. The summed E-state index contributed by atoms with van der Waals surface area (Å²) in [6, 6.07) is 16.6. The van der Waals surface area contributed by atoms with Crippen LogP contribution in [0, 0.1) is 0 Å². The summed E-state index contributed by atoms with van der Waals surface area (Å²) in [6.45, 7) is 1.93. The van der Waals surface area contributed by atoms with E-state index in [2.05, 4.69) is 20.8 Å². The van der Waals surface area contributed by atoms with Crippen LogP contribution in [0.15, 0.2) is 65.4 Å². The van der Waals surface area contributed by atoms with Crippen molar-refractivity contribution in [1.29, 1.82) is 0 Å². The van der Waals surface area contributed by atoms with Crippen molar-refractivity contribution < 1.29 is 9.21 Å². The fourth-order valence-electron chi connectivity index (χ4n) is 2.22. The van der Waals surface area contributed by atoms with E-state index in [1.165, 1.54) is 6.39 Å². The Morgan fingerprint density at radius 2 is 1.96 bits per heavy atom. The van der Waals surface area contributed by atoms with Crippen molar-refractivity contribution in [2.75, 3.05) is 5.32 Å². The van der Waals surface area contributed by atoms with Gasteiger partial charge in [-0.1, -0.05) is 36.4 Å². The number of benzene rings is 2. The minimum atomic E-state index is -0.274. The molecule has 6 nitrogen and oxygen atoms in total. The van der Waals surface area contributed by atoms with Crippen molar-refractivity contribution in [3.63, 3.8) is 0 Å². The number of nitrogens with one attached hydrogen (secondary N) is 2. The summed E-state index contributed by atoms with van der Waals surface area (Å²) in [5, 5.41) is 13.2. The Balaban J connectivity index is 1.65. The molecule has 3 aromatic rings. The lowest BCUT2D eigenvalue weighted by atomic mass is 10.1. The second-order valence-electron chi connectivity index (χ2n) is 5.06. The zero-order valence-corrected chi connectivity index (χ0v) is 12.6. The van der Waals surface area contributed by atoms with Crippen LogP contribution in [0.1, 0.15) is 18.5 Å². The van der Waals surface area contributed by atoms with Crippen molar-refractivity contribution in [2.45, 2.75) is 13.0 Å². The molecule has 116 valence electrons. The molecule has 0 saturated carbocycles. The van der Waals surface area contributed by atoms with Crippen LogP contribution >= 0.6 is 0 Å². The van der Waals surface area contributed by atoms with Crippen LogP contribution in [-0.4, -0.2) is 16.2 Å². The van der Waals surface area contributed by atoms with Crippen molar-refractivity contribution in [1.82, 2.24) is 15.5 Å². The smallest absolute Gasteiger partial charge is 0.319 e. The van der Waals surface area contributed by atoms with Gasteiger partial charge in [-0.25, -0.2) is 4.79 Å². The van der Waals surface area contributed by atoms with Crippen molar-refractivity contribution in [3.8, 4) is 11.5 Å². The Morgan fingerprint density at radius 1 is 1.13 bits per heavy atom. The van der Waals surface area contributed by atoms with Crippen molar-refractivity contribution in [2.24, 2.45) is 0 Å². The number of amides is 2. The van der Waals surface area contributed by atoms with Crippen LogP contribution in [0.4, 0.5) is 10.5 Å². The summed E-state index contributed by atoms with van der Waals surface area (Å²) in [5.74, 6) is 0.409. The maximum atomic E-state index is 12.1. The van der Waals surface area contributed by atoms with Crippen LogP contribution in [0.3, 0.4) is 0 Å². The first-order valence-corrected chi connectivity index (χ1v) is 7.21. The van der Waals surface area contributed by atoms with Crippen LogP contribution in [0.2, 0.25) is 0 Å². The predicted octanol–water partition coefficient (Wildman–Crippen LogP) is 3.62. The fourth-order valence-corrected chi connectivity index (χ4v) is 2.22. The topological polar surface area (TPSA) is 80.0 Å². The third kappa shape index (κ3) is 3.74. The normalized spacial score (nSPS) is 11.7. The molecule has 0 saturated heterocycles. The number of rotatable bonds is 4. The highest BCUT2D eigenvalue weighted by Gasteiger charge is 2.10. The first kappa shape index (κ1) is 14.8. The average Bonchev–Trinajstić information content (AvgIpc) is 3.10. The second kappa shape index (κ2) is 6.74. The van der Waals surface area contributed by atoms with E-state index in [0.29, 0.717) is 11.6 Å². The molecule has 1 aromatic heterocycles. The van der Waals surface area contributed by atoms with E-state index in [1.54, 1.807) is 12.1 Å². The first-order chi connectivity index (χ1) is 11.2. The van der Waals surface area contributed by atoms with E-state index < -0.39 is 0 Å². The average molecular weight is 308 g/mol. The molecular weight excluding hydrogens is 292 g/mol. The van der Waals surface area contributed by atoms with E-state index in [9.17, 15) is 4.79 Å². The van der Waals surface area contributed by atoms with Gasteiger partial charge in [-0.05, 0) is 30.7 Å². The van der Waals surface area contributed by atoms with E-state index >= 15 is 0 Å². The first-order valence-electron chi connectivity index (χ1n) is 7.21. The minimum absolute atomic E-state index is 0.0877. The van der Waals surface area contributed by atoms with Crippen molar-refractivity contribution in [3.05, 3.63) is 66.6 Å². The lowest BCUT2D eigenvalue weighted by Crippen LogP contribution is -2.31. The number of nitrogens with zero attached hydrogens (tertiary/aromatic N) is 2. The summed E-state index contributed by atoms with van der Waals surface area (Å²) >= 11 is 0. The lowest BCUT2D eigenvalue weighted by molar-refractivity contribution is 0.249. The van der Waals surface area contributed by atoms with Gasteiger partial charge in [0.15, 0.2) is 0 Å². The molecule has 2 aromatic carbocycles. The molecule has 2 amide bonds. The monoisotopic (exact) mass is 308 g/mol. The Morgan fingerprint density at radius 3 is 2.70 bits per heavy atom. The maximum Gasteiger partial charge on any atom is 0.319 e. The summed E-state index contributed by atoms with van der Waals surface area (Å²) in [5.41, 5.74) is 2.44. The number of carbonyl (C=O) groups is 1. The van der Waals surface area contributed by atoms with Gasteiger partial charge in [0.2, 0.25) is 12.3 Å². The molecule has 0 unspecified atom stereocenters. The molecule has 0 aliphatic heterocycles. The molecule has 0 aliphatic rings. The van der Waals surface area contributed by atoms with Crippen LogP contribution in [0.25, 0.3) is 11.5 Å². The molecule has 0 radical (unpaired) electrons. The Kier molecular flexibility index (Phi) is 4.33. The highest BCUT2D eigenvalue weighted by molar-refractivity contribution is 5.90. The van der Waals surface area contributed by atoms with Crippen molar-refractivity contribution >= 4 is 11.7 Å². The molecule has 0 bridgehead atoms. The number of hydrogen-bond donors (Lipinski definition) is 2. The summed E-state index contributed by atoms with van der Waals surface area (Å²) in [6.07, 6.45) is 1.27. The summed E-state index contributed by atoms with van der Waals surface area (Å²) in [4.78, 5) is 12.1. The molecule has 0 spiro atoms. The highest BCUT2D eigenvalue weighted by Crippen LogP contribution is 2.20. The van der Waals surface area contributed by atoms with E-state index in [1.807, 2.05) is 49.4 Å². The molecule has 1 atom stereocenters. The van der Waals surface area contributed by atoms with Gasteiger partial charge in [-0.3, -0.25) is 0 Å². The zero-order chi connectivity index (χ0) is 16.1. The van der Waals surface area contributed by atoms with Gasteiger partial charge in [0.1, 0.15) is 0 Å². The van der Waals surface area contributed by atoms with Gasteiger partial charge in [-0.2, -0.15) is 0 Å². The molecular formula is C17H16N4O2. The van der Waals surface area contributed by atoms with E-state index in [4.69, 9.17) is 4.42 Å². The van der Waals surface area contributed by atoms with Gasteiger partial charge >= 0.3 is 6.03 Å². The molecule has 0 aliphatic carbocycles. The Labute approximate surface area is 133 Å². The third-order valence-corrected chi connectivity index (χ3v) is 3.37. The van der Waals surface area contributed by atoms with Gasteiger partial charge < -0.3 is 15.1 Å². The molecule has 3 rings (SSSR count). The number of aromatic nitrogens is 2. The molecule has 23 heavy (non-hydrogen) atoms. The summed E-state index contributed by atoms with van der Waals surface area (Å²) in [7, 11) is 0. The third-order valence-electron chi connectivity index (χ3n) is 3.37. The number of anilines is 1. The maximum absolute atomic E-state index is 12.1. The van der Waals surface area contributed by atoms with Gasteiger partial charge in [-0.15, -0.1) is 10.2 Å². The van der Waals surface area contributed by atoms with Crippen LogP contribution < -0.4 is 10.6 Å². The van der Waals surface area contributed by atoms with Gasteiger partial charge in [0.25, 0.3) is 0 Å². The standard InChI is InChI=1S/C17H16N4O2/c1-12(13-6-3-2-4-7-13)19-17(22)20-15-9-5-8-14(10-15)16-21-18-11-23-16/h2-12H,1H3,(H2,19,20,22)/t12-/m1/s1. The number of hydrogen-bond acceptors (Lipinski definition) is 4. The second-order valence-corrected chi connectivity index (χ2v) is 5.06. The van der Waals surface area contributed by atoms with Crippen LogP contribution in [-0.2, 0) is 0 Å². The molecule has 1 heterocycles. The number of carbonyl (C=O) groups excluding carboxylic acids is 1.